The lowest BCUT2D eigenvalue weighted by Gasteiger charge is -2.13. The molecule has 0 heterocycles. The highest BCUT2D eigenvalue weighted by molar-refractivity contribution is 9.10. The van der Waals surface area contributed by atoms with Crippen LogP contribution in [-0.2, 0) is 16.2 Å². The molecule has 0 saturated heterocycles. The van der Waals surface area contributed by atoms with E-state index >= 15 is 0 Å². The lowest BCUT2D eigenvalue weighted by molar-refractivity contribution is -0.137. The molecule has 0 radical (unpaired) electrons. The van der Waals surface area contributed by atoms with Crippen LogP contribution in [0.15, 0.2) is 45.8 Å². The van der Waals surface area contributed by atoms with Crippen LogP contribution in [0.4, 0.5) is 18.9 Å². The molecule has 0 atom stereocenters. The van der Waals surface area contributed by atoms with Gasteiger partial charge in [-0.1, -0.05) is 22.0 Å². The van der Waals surface area contributed by atoms with Gasteiger partial charge in [-0.25, -0.2) is 8.42 Å². The molecule has 0 saturated carbocycles. The molecule has 124 valence electrons. The van der Waals surface area contributed by atoms with E-state index in [2.05, 4.69) is 20.7 Å². The van der Waals surface area contributed by atoms with Crippen LogP contribution in [0, 0.1) is 13.8 Å². The van der Waals surface area contributed by atoms with Crippen LogP contribution in [0.2, 0.25) is 0 Å². The van der Waals surface area contributed by atoms with E-state index < -0.39 is 26.7 Å². The molecule has 0 amide bonds. The van der Waals surface area contributed by atoms with Crippen molar-refractivity contribution in [2.45, 2.75) is 24.9 Å². The van der Waals surface area contributed by atoms with Crippen LogP contribution < -0.4 is 4.72 Å². The van der Waals surface area contributed by atoms with Gasteiger partial charge in [-0.15, -0.1) is 0 Å². The summed E-state index contributed by atoms with van der Waals surface area (Å²) < 4.78 is 65.5. The fourth-order valence-corrected chi connectivity index (χ4v) is 3.66. The summed E-state index contributed by atoms with van der Waals surface area (Å²) in [5, 5.41) is 0. The summed E-state index contributed by atoms with van der Waals surface area (Å²) in [6.45, 7) is 3.69. The summed E-state index contributed by atoms with van der Waals surface area (Å²) in [5.74, 6) is 0. The third-order valence-corrected chi connectivity index (χ3v) is 5.09. The quantitative estimate of drug-likeness (QED) is 0.787. The van der Waals surface area contributed by atoms with Gasteiger partial charge in [0.2, 0.25) is 0 Å². The van der Waals surface area contributed by atoms with Crippen molar-refractivity contribution in [1.29, 1.82) is 0 Å². The van der Waals surface area contributed by atoms with Crippen molar-refractivity contribution < 1.29 is 21.6 Å². The highest BCUT2D eigenvalue weighted by Gasteiger charge is 2.32. The Morgan fingerprint density at radius 2 is 1.65 bits per heavy atom. The fraction of sp³-hybridized carbons (Fsp3) is 0.200. The molecule has 0 fully saturated rings. The molecule has 2 aromatic rings. The number of rotatable bonds is 3. The summed E-state index contributed by atoms with van der Waals surface area (Å²) in [6.07, 6.45) is -4.63. The summed E-state index contributed by atoms with van der Waals surface area (Å²) in [6, 6.07) is 7.47. The molecular weight excluding hydrogens is 395 g/mol. The predicted octanol–water partition coefficient (Wildman–Crippen LogP) is 4.89. The first-order valence-electron chi connectivity index (χ1n) is 6.47. The maximum atomic E-state index is 12.8. The second-order valence-electron chi connectivity index (χ2n) is 5.08. The molecule has 0 aliphatic rings. The molecule has 2 rings (SSSR count). The third-order valence-electron chi connectivity index (χ3n) is 3.27. The Kier molecular flexibility index (Phi) is 4.77. The highest BCUT2D eigenvalue weighted by Crippen LogP contribution is 2.33. The molecule has 0 unspecified atom stereocenters. The maximum Gasteiger partial charge on any atom is 0.416 e. The number of nitrogens with one attached hydrogen (secondary N) is 1. The number of aryl methyl sites for hydroxylation is 2. The van der Waals surface area contributed by atoms with E-state index in [-0.39, 0.29) is 4.47 Å². The van der Waals surface area contributed by atoms with E-state index in [4.69, 9.17) is 0 Å². The Bertz CT molecular complexity index is 848. The van der Waals surface area contributed by atoms with Gasteiger partial charge in [0, 0.05) is 10.2 Å². The second-order valence-corrected chi connectivity index (χ2v) is 7.68. The number of anilines is 1. The number of sulfonamides is 1. The van der Waals surface area contributed by atoms with Crippen molar-refractivity contribution in [3.05, 3.63) is 57.6 Å². The van der Waals surface area contributed by atoms with E-state index in [0.717, 1.165) is 23.3 Å². The summed E-state index contributed by atoms with van der Waals surface area (Å²) in [4.78, 5) is -0.461. The first-order chi connectivity index (χ1) is 10.5. The van der Waals surface area contributed by atoms with Crippen molar-refractivity contribution in [1.82, 2.24) is 0 Å². The van der Waals surface area contributed by atoms with Gasteiger partial charge in [0.25, 0.3) is 10.0 Å². The molecule has 0 spiro atoms. The minimum Gasteiger partial charge on any atom is -0.280 e. The minimum absolute atomic E-state index is 0.0350. The Labute approximate surface area is 140 Å². The molecule has 0 aliphatic heterocycles. The molecule has 0 aromatic heterocycles. The summed E-state index contributed by atoms with van der Waals surface area (Å²) in [7, 11) is -4.13. The normalized spacial score (nSPS) is 12.3. The summed E-state index contributed by atoms with van der Waals surface area (Å²) in [5.41, 5.74) is 1.11. The molecule has 0 aliphatic carbocycles. The Balaban J connectivity index is 2.43. The molecule has 0 bridgehead atoms. The van der Waals surface area contributed by atoms with Crippen molar-refractivity contribution in [2.75, 3.05) is 4.72 Å². The first-order valence-corrected chi connectivity index (χ1v) is 8.74. The number of alkyl halides is 3. The second kappa shape index (κ2) is 6.16. The van der Waals surface area contributed by atoms with Gasteiger partial charge in [-0.05, 0) is 55.3 Å². The molecule has 8 heteroatoms. The Morgan fingerprint density at radius 1 is 1.00 bits per heavy atom. The van der Waals surface area contributed by atoms with E-state index in [0.29, 0.717) is 11.8 Å². The van der Waals surface area contributed by atoms with Crippen molar-refractivity contribution in [3.8, 4) is 0 Å². The molecule has 3 nitrogen and oxygen atoms in total. The van der Waals surface area contributed by atoms with Crippen LogP contribution in [0.1, 0.15) is 16.7 Å². The van der Waals surface area contributed by atoms with Crippen molar-refractivity contribution in [2.24, 2.45) is 0 Å². The zero-order valence-corrected chi connectivity index (χ0v) is 14.6. The van der Waals surface area contributed by atoms with Crippen LogP contribution in [0.5, 0.6) is 0 Å². The van der Waals surface area contributed by atoms with E-state index in [1.807, 2.05) is 13.8 Å². The zero-order valence-electron chi connectivity index (χ0n) is 12.2. The van der Waals surface area contributed by atoms with Crippen LogP contribution >= 0.6 is 15.9 Å². The lowest BCUT2D eigenvalue weighted by Crippen LogP contribution is -2.15. The number of hydrogen-bond donors (Lipinski definition) is 1. The topological polar surface area (TPSA) is 46.2 Å². The van der Waals surface area contributed by atoms with E-state index in [9.17, 15) is 21.6 Å². The maximum absolute atomic E-state index is 12.8. The Hall–Kier alpha value is -1.54. The van der Waals surface area contributed by atoms with Crippen molar-refractivity contribution >= 4 is 31.6 Å². The molecule has 1 N–H and O–H groups in total. The van der Waals surface area contributed by atoms with Crippen molar-refractivity contribution in [3.63, 3.8) is 0 Å². The first kappa shape index (κ1) is 17.8. The van der Waals surface area contributed by atoms with Crippen LogP contribution in [-0.4, -0.2) is 8.42 Å². The van der Waals surface area contributed by atoms with Gasteiger partial charge in [0.1, 0.15) is 0 Å². The van der Waals surface area contributed by atoms with E-state index in [1.54, 1.807) is 18.2 Å². The van der Waals surface area contributed by atoms with Gasteiger partial charge in [-0.3, -0.25) is 4.72 Å². The molecule has 23 heavy (non-hydrogen) atoms. The molecule has 2 aromatic carbocycles. The highest BCUT2D eigenvalue weighted by atomic mass is 79.9. The third kappa shape index (κ3) is 4.26. The lowest BCUT2D eigenvalue weighted by atomic mass is 10.1. The largest absolute Gasteiger partial charge is 0.416 e. The van der Waals surface area contributed by atoms with Gasteiger partial charge >= 0.3 is 6.18 Å². The number of benzene rings is 2. The zero-order chi connectivity index (χ0) is 17.4. The smallest absolute Gasteiger partial charge is 0.280 e. The van der Waals surface area contributed by atoms with Gasteiger partial charge in [-0.2, -0.15) is 13.2 Å². The number of hydrogen-bond acceptors (Lipinski definition) is 2. The van der Waals surface area contributed by atoms with Crippen LogP contribution in [0.3, 0.4) is 0 Å². The minimum atomic E-state index is -4.63. The monoisotopic (exact) mass is 407 g/mol. The van der Waals surface area contributed by atoms with E-state index in [1.165, 1.54) is 0 Å². The SMILES string of the molecule is Cc1ccc(NS(=O)(=O)c2cc(Br)cc(C(F)(F)F)c2)cc1C. The average molecular weight is 408 g/mol. The Morgan fingerprint density at radius 3 is 2.22 bits per heavy atom. The van der Waals surface area contributed by atoms with Gasteiger partial charge in [0.15, 0.2) is 0 Å². The average Bonchev–Trinajstić information content (AvgIpc) is 2.41. The predicted molar refractivity (Wildman–Crippen MR) is 85.9 cm³/mol. The van der Waals surface area contributed by atoms with Crippen LogP contribution in [0.25, 0.3) is 0 Å². The van der Waals surface area contributed by atoms with Gasteiger partial charge in [0.05, 0.1) is 10.5 Å². The fourth-order valence-electron chi connectivity index (χ4n) is 1.90. The van der Waals surface area contributed by atoms with Gasteiger partial charge < -0.3 is 0 Å². The number of halogens is 4. The standard InChI is InChI=1S/C15H13BrF3NO2S/c1-9-3-4-13(5-10(9)2)20-23(21,22)14-7-11(15(17,18)19)6-12(16)8-14/h3-8,20H,1-2H3. The molecular formula is C15H13BrF3NO2S. The summed E-state index contributed by atoms with van der Waals surface area (Å²) >= 11 is 2.91.